The summed E-state index contributed by atoms with van der Waals surface area (Å²) < 4.78 is 5.45. The van der Waals surface area contributed by atoms with Crippen molar-refractivity contribution >= 4 is 40.3 Å². The van der Waals surface area contributed by atoms with Gasteiger partial charge in [-0.2, -0.15) is 4.37 Å². The fourth-order valence-corrected chi connectivity index (χ4v) is 4.61. The Kier molecular flexibility index (Phi) is 6.13. The minimum absolute atomic E-state index is 0.0183. The van der Waals surface area contributed by atoms with Crippen LogP contribution in [0.2, 0.25) is 0 Å². The number of pyridine rings is 2. The van der Waals surface area contributed by atoms with Crippen molar-refractivity contribution in [1.82, 2.24) is 23.8 Å². The number of hydrogen-bond donors (Lipinski definition) is 2. The molecule has 11 nitrogen and oxygen atoms in total. The summed E-state index contributed by atoms with van der Waals surface area (Å²) in [4.78, 5) is 49.9. The Morgan fingerprint density at radius 3 is 2.59 bits per heavy atom. The Bertz CT molecular complexity index is 1310. The molecule has 1 aliphatic heterocycles. The molecule has 3 aromatic rings. The lowest BCUT2D eigenvalue weighted by molar-refractivity contribution is -0.139. The van der Waals surface area contributed by atoms with Gasteiger partial charge in [-0.1, -0.05) is 0 Å². The second kappa shape index (κ2) is 8.76. The van der Waals surface area contributed by atoms with E-state index in [1.165, 1.54) is 17.1 Å². The van der Waals surface area contributed by atoms with E-state index in [9.17, 15) is 24.6 Å². The molecule has 1 saturated heterocycles. The lowest BCUT2D eigenvalue weighted by Gasteiger charge is -2.42. The van der Waals surface area contributed by atoms with Gasteiger partial charge in [0.05, 0.1) is 16.9 Å². The van der Waals surface area contributed by atoms with Crippen molar-refractivity contribution in [3.63, 3.8) is 0 Å². The zero-order valence-corrected chi connectivity index (χ0v) is 20.2. The van der Waals surface area contributed by atoms with Crippen LogP contribution in [-0.4, -0.2) is 77.7 Å². The van der Waals surface area contributed by atoms with Crippen molar-refractivity contribution in [2.45, 2.75) is 33.3 Å². The number of nitrogens with zero attached hydrogens (tertiary/aromatic N) is 6. The third kappa shape index (κ3) is 4.38. The molecule has 1 fully saturated rings. The Balaban J connectivity index is 1.68. The van der Waals surface area contributed by atoms with Gasteiger partial charge in [-0.05, 0) is 39.3 Å². The van der Waals surface area contributed by atoms with Gasteiger partial charge in [0.15, 0.2) is 5.65 Å². The predicted molar refractivity (Wildman–Crippen MR) is 127 cm³/mol. The smallest absolute Gasteiger partial charge is 0.341 e. The molecule has 0 unspecified atom stereocenters. The highest BCUT2D eigenvalue weighted by Crippen LogP contribution is 2.29. The minimum Gasteiger partial charge on any atom is -0.477 e. The van der Waals surface area contributed by atoms with E-state index in [-0.39, 0.29) is 35.0 Å². The molecular formula is C22H26N6O5S. The van der Waals surface area contributed by atoms with Gasteiger partial charge in [0.25, 0.3) is 0 Å². The fraction of sp³-hybridized carbons (Fsp3) is 0.455. The monoisotopic (exact) mass is 486 g/mol. The van der Waals surface area contributed by atoms with Gasteiger partial charge in [-0.3, -0.25) is 14.2 Å². The molecule has 180 valence electrons. The zero-order valence-electron chi connectivity index (χ0n) is 19.3. The standard InChI is InChI=1S/C22H26N6O5S/c1-5-26(10-22(3,4)33)19(30)13-7-27(8-13)15-6-12(2)16-17(29)14(20(31)32)9-28(18(16)25-15)21-23-11-24-34-21/h6,9,11,13,33H,5,7-8,10H2,1-4H3,(H,31,32). The van der Waals surface area contributed by atoms with Crippen LogP contribution < -0.4 is 10.3 Å². The molecule has 34 heavy (non-hydrogen) atoms. The SMILES string of the molecule is CCN(CC(C)(C)O)C(=O)C1CN(c2cc(C)c3c(=O)c(C(=O)O)cn(-c4ncns4)c3n2)C1. The highest BCUT2D eigenvalue weighted by Gasteiger charge is 2.37. The third-order valence-corrected chi connectivity index (χ3v) is 6.42. The second-order valence-electron chi connectivity index (χ2n) is 9.03. The van der Waals surface area contributed by atoms with E-state index >= 15 is 0 Å². The quantitative estimate of drug-likeness (QED) is 0.505. The number of aromatic carboxylic acids is 1. The maximum atomic E-state index is 12.9. The van der Waals surface area contributed by atoms with E-state index in [4.69, 9.17) is 0 Å². The maximum absolute atomic E-state index is 12.9. The normalized spacial score (nSPS) is 14.3. The number of carbonyl (C=O) groups excluding carboxylic acids is 1. The van der Waals surface area contributed by atoms with Crippen LogP contribution in [-0.2, 0) is 4.79 Å². The minimum atomic E-state index is -1.33. The predicted octanol–water partition coefficient (Wildman–Crippen LogP) is 1.30. The summed E-state index contributed by atoms with van der Waals surface area (Å²) in [6.07, 6.45) is 2.57. The summed E-state index contributed by atoms with van der Waals surface area (Å²) in [6, 6.07) is 1.73. The van der Waals surface area contributed by atoms with E-state index in [0.717, 1.165) is 11.5 Å². The van der Waals surface area contributed by atoms with E-state index in [1.54, 1.807) is 31.7 Å². The van der Waals surface area contributed by atoms with E-state index in [0.29, 0.717) is 36.1 Å². The van der Waals surface area contributed by atoms with Crippen LogP contribution >= 0.6 is 11.5 Å². The van der Waals surface area contributed by atoms with E-state index < -0.39 is 17.0 Å². The van der Waals surface area contributed by atoms with Crippen LogP contribution in [0, 0.1) is 12.8 Å². The summed E-state index contributed by atoms with van der Waals surface area (Å²) in [5.74, 6) is -0.986. The molecule has 0 saturated carbocycles. The molecule has 4 heterocycles. The van der Waals surface area contributed by atoms with Gasteiger partial charge in [-0.15, -0.1) is 0 Å². The molecule has 2 N–H and O–H groups in total. The lowest BCUT2D eigenvalue weighted by Crippen LogP contribution is -2.56. The number of amides is 1. The summed E-state index contributed by atoms with van der Waals surface area (Å²) in [6.45, 7) is 8.63. The number of anilines is 1. The third-order valence-electron chi connectivity index (χ3n) is 5.75. The molecular weight excluding hydrogens is 460 g/mol. The van der Waals surface area contributed by atoms with Crippen LogP contribution in [0.5, 0.6) is 0 Å². The summed E-state index contributed by atoms with van der Waals surface area (Å²) in [7, 11) is 0. The van der Waals surface area contributed by atoms with E-state index in [2.05, 4.69) is 14.3 Å². The Hall–Kier alpha value is -3.38. The Morgan fingerprint density at radius 1 is 1.32 bits per heavy atom. The van der Waals surface area contributed by atoms with Crippen molar-refractivity contribution in [3.05, 3.63) is 39.9 Å². The first-order chi connectivity index (χ1) is 16.0. The van der Waals surface area contributed by atoms with Crippen LogP contribution in [0.25, 0.3) is 16.2 Å². The van der Waals surface area contributed by atoms with Gasteiger partial charge in [0, 0.05) is 43.9 Å². The van der Waals surface area contributed by atoms with Crippen molar-refractivity contribution in [2.75, 3.05) is 31.1 Å². The zero-order chi connectivity index (χ0) is 24.8. The molecule has 12 heteroatoms. The fourth-order valence-electron chi connectivity index (χ4n) is 4.10. The topological polar surface area (TPSA) is 142 Å². The molecule has 1 amide bonds. The molecule has 0 atom stereocenters. The Labute approximate surface area is 199 Å². The molecule has 0 aromatic carbocycles. The van der Waals surface area contributed by atoms with Crippen LogP contribution in [0.15, 0.2) is 23.4 Å². The van der Waals surface area contributed by atoms with Gasteiger partial charge < -0.3 is 20.0 Å². The molecule has 0 spiro atoms. The van der Waals surface area contributed by atoms with Crippen molar-refractivity contribution in [1.29, 1.82) is 0 Å². The number of likely N-dealkylation sites (N-methyl/N-ethyl adjacent to an activating group) is 1. The van der Waals surface area contributed by atoms with E-state index in [1.807, 2.05) is 11.8 Å². The Morgan fingerprint density at radius 2 is 2.03 bits per heavy atom. The van der Waals surface area contributed by atoms with Gasteiger partial charge in [-0.25, -0.2) is 14.8 Å². The number of aliphatic hydroxyl groups is 1. The molecule has 4 rings (SSSR count). The first-order valence-corrected chi connectivity index (χ1v) is 11.6. The van der Waals surface area contributed by atoms with Crippen molar-refractivity contribution in [2.24, 2.45) is 5.92 Å². The number of aryl methyl sites for hydroxylation is 1. The first kappa shape index (κ1) is 23.8. The summed E-state index contributed by atoms with van der Waals surface area (Å²) in [5.41, 5.74) is -1.09. The number of carbonyl (C=O) groups is 2. The number of aromatic nitrogens is 4. The van der Waals surface area contributed by atoms with Crippen LogP contribution in [0.3, 0.4) is 0 Å². The van der Waals surface area contributed by atoms with Gasteiger partial charge in [0.1, 0.15) is 17.7 Å². The molecule has 0 aliphatic carbocycles. The second-order valence-corrected chi connectivity index (χ2v) is 9.79. The first-order valence-electron chi connectivity index (χ1n) is 10.8. The summed E-state index contributed by atoms with van der Waals surface area (Å²) in [5, 5.41) is 20.2. The molecule has 1 aliphatic rings. The maximum Gasteiger partial charge on any atom is 0.341 e. The van der Waals surface area contributed by atoms with Crippen molar-refractivity contribution < 1.29 is 19.8 Å². The number of carboxylic acids is 1. The molecule has 3 aromatic heterocycles. The number of rotatable bonds is 7. The van der Waals surface area contributed by atoms with Gasteiger partial charge >= 0.3 is 5.97 Å². The van der Waals surface area contributed by atoms with Crippen LogP contribution in [0.4, 0.5) is 5.82 Å². The highest BCUT2D eigenvalue weighted by atomic mass is 32.1. The largest absolute Gasteiger partial charge is 0.477 e. The number of fused-ring (bicyclic) bond motifs is 1. The lowest BCUT2D eigenvalue weighted by atomic mass is 9.97. The number of carboxylic acid groups (broad SMARTS) is 1. The average Bonchev–Trinajstić information content (AvgIpc) is 3.24. The van der Waals surface area contributed by atoms with Crippen molar-refractivity contribution in [3.8, 4) is 5.13 Å². The van der Waals surface area contributed by atoms with Gasteiger partial charge in [0.2, 0.25) is 16.5 Å². The molecule has 0 bridgehead atoms. The summed E-state index contributed by atoms with van der Waals surface area (Å²) >= 11 is 1.05. The molecule has 0 radical (unpaired) electrons. The number of hydrogen-bond acceptors (Lipinski definition) is 9. The average molecular weight is 487 g/mol. The van der Waals surface area contributed by atoms with Crippen LogP contribution in [0.1, 0.15) is 36.7 Å². The highest BCUT2D eigenvalue weighted by molar-refractivity contribution is 7.08.